The third kappa shape index (κ3) is 2.91. The van der Waals surface area contributed by atoms with Gasteiger partial charge in [0.05, 0.1) is 6.54 Å². The zero-order chi connectivity index (χ0) is 17.4. The number of carbonyl (C=O) groups is 1. The van der Waals surface area contributed by atoms with E-state index in [1.807, 2.05) is 0 Å². The number of nitrogens with zero attached hydrogens (tertiary/aromatic N) is 2. The predicted molar refractivity (Wildman–Crippen MR) is 81.8 cm³/mol. The average Bonchev–Trinajstić information content (AvgIpc) is 2.99. The minimum atomic E-state index is -1.07. The normalized spacial score (nSPS) is 15.5. The van der Waals surface area contributed by atoms with E-state index in [1.165, 1.54) is 11.0 Å². The Bertz CT molecular complexity index is 773. The van der Waals surface area contributed by atoms with Crippen LogP contribution < -0.4 is 0 Å². The van der Waals surface area contributed by atoms with Gasteiger partial charge in [-0.15, -0.1) is 0 Å². The standard InChI is InChI=1S/C17H18F2N2O3/c1-9(2)16(22)17(23)21-6-5-14-11(8-21)15(20-24-14)10-3-4-12(18)13(19)7-10/h3-4,7,9,16,22H,5-6,8H2,1-2H3/t16-/m0/s1. The second-order valence-electron chi connectivity index (χ2n) is 6.26. The number of aliphatic hydroxyl groups excluding tert-OH is 1. The molecule has 0 fully saturated rings. The van der Waals surface area contributed by atoms with E-state index in [0.717, 1.165) is 12.1 Å². The Labute approximate surface area is 137 Å². The van der Waals surface area contributed by atoms with Gasteiger partial charge in [-0.1, -0.05) is 19.0 Å². The van der Waals surface area contributed by atoms with Crippen molar-refractivity contribution in [3.63, 3.8) is 0 Å². The molecule has 1 aliphatic heterocycles. The van der Waals surface area contributed by atoms with E-state index in [-0.39, 0.29) is 18.4 Å². The SMILES string of the molecule is CC(C)[C@H](O)C(=O)N1CCc2onc(-c3ccc(F)c(F)c3)c2C1. The van der Waals surface area contributed by atoms with Gasteiger partial charge < -0.3 is 14.5 Å². The van der Waals surface area contributed by atoms with Gasteiger partial charge in [0, 0.05) is 24.1 Å². The van der Waals surface area contributed by atoms with Crippen molar-refractivity contribution in [3.05, 3.63) is 41.2 Å². The molecule has 1 aliphatic rings. The highest BCUT2D eigenvalue weighted by molar-refractivity contribution is 5.81. The lowest BCUT2D eigenvalue weighted by Gasteiger charge is -2.29. The summed E-state index contributed by atoms with van der Waals surface area (Å²) in [7, 11) is 0. The smallest absolute Gasteiger partial charge is 0.251 e. The fraction of sp³-hybridized carbons (Fsp3) is 0.412. The molecule has 1 amide bonds. The van der Waals surface area contributed by atoms with E-state index in [2.05, 4.69) is 5.16 Å². The largest absolute Gasteiger partial charge is 0.383 e. The monoisotopic (exact) mass is 336 g/mol. The molecule has 2 aromatic rings. The van der Waals surface area contributed by atoms with Gasteiger partial charge in [0.25, 0.3) is 5.91 Å². The van der Waals surface area contributed by atoms with Crippen LogP contribution in [0.4, 0.5) is 8.78 Å². The van der Waals surface area contributed by atoms with Gasteiger partial charge in [-0.3, -0.25) is 4.79 Å². The molecule has 0 saturated heterocycles. The molecule has 0 unspecified atom stereocenters. The summed E-state index contributed by atoms with van der Waals surface area (Å²) in [6.07, 6.45) is -0.610. The first-order valence-corrected chi connectivity index (χ1v) is 7.78. The van der Waals surface area contributed by atoms with Crippen molar-refractivity contribution in [1.29, 1.82) is 0 Å². The predicted octanol–water partition coefficient (Wildman–Crippen LogP) is 2.52. The number of carbonyl (C=O) groups excluding carboxylic acids is 1. The van der Waals surface area contributed by atoms with E-state index >= 15 is 0 Å². The van der Waals surface area contributed by atoms with Gasteiger partial charge in [0.1, 0.15) is 17.6 Å². The van der Waals surface area contributed by atoms with Crippen LogP contribution in [0.2, 0.25) is 0 Å². The first-order chi connectivity index (χ1) is 11.4. The molecule has 0 spiro atoms. The fourth-order valence-corrected chi connectivity index (χ4v) is 2.74. The first-order valence-electron chi connectivity index (χ1n) is 7.78. The van der Waals surface area contributed by atoms with Crippen molar-refractivity contribution in [2.24, 2.45) is 5.92 Å². The molecule has 2 heterocycles. The summed E-state index contributed by atoms with van der Waals surface area (Å²) in [4.78, 5) is 13.9. The molecule has 1 atom stereocenters. The van der Waals surface area contributed by atoms with E-state index in [9.17, 15) is 18.7 Å². The summed E-state index contributed by atoms with van der Waals surface area (Å²) in [5, 5.41) is 13.9. The van der Waals surface area contributed by atoms with E-state index < -0.39 is 17.7 Å². The second kappa shape index (κ2) is 6.32. The van der Waals surface area contributed by atoms with Crippen molar-refractivity contribution in [1.82, 2.24) is 10.1 Å². The Hall–Kier alpha value is -2.28. The second-order valence-corrected chi connectivity index (χ2v) is 6.26. The minimum Gasteiger partial charge on any atom is -0.383 e. The van der Waals surface area contributed by atoms with Gasteiger partial charge in [-0.2, -0.15) is 0 Å². The summed E-state index contributed by atoms with van der Waals surface area (Å²) >= 11 is 0. The maximum atomic E-state index is 13.5. The first kappa shape index (κ1) is 16.6. The molecule has 0 bridgehead atoms. The van der Waals surface area contributed by atoms with Gasteiger partial charge in [-0.05, 0) is 24.1 Å². The number of amides is 1. The molecule has 7 heteroatoms. The molecule has 3 rings (SSSR count). The van der Waals surface area contributed by atoms with Crippen LogP contribution in [0, 0.1) is 17.6 Å². The molecule has 1 aromatic heterocycles. The average molecular weight is 336 g/mol. The molecule has 1 aromatic carbocycles. The maximum Gasteiger partial charge on any atom is 0.251 e. The number of rotatable bonds is 3. The van der Waals surface area contributed by atoms with Crippen LogP contribution in [0.25, 0.3) is 11.3 Å². The molecule has 1 N–H and O–H groups in total. The van der Waals surface area contributed by atoms with Crippen molar-refractivity contribution in [2.75, 3.05) is 6.54 Å². The van der Waals surface area contributed by atoms with Crippen LogP contribution in [0.15, 0.2) is 22.7 Å². The molecule has 128 valence electrons. The molecule has 24 heavy (non-hydrogen) atoms. The lowest BCUT2D eigenvalue weighted by Crippen LogP contribution is -2.43. The van der Waals surface area contributed by atoms with Crippen molar-refractivity contribution < 1.29 is 23.2 Å². The van der Waals surface area contributed by atoms with Crippen molar-refractivity contribution in [3.8, 4) is 11.3 Å². The summed E-state index contributed by atoms with van der Waals surface area (Å²) < 4.78 is 31.9. The fourth-order valence-electron chi connectivity index (χ4n) is 2.74. The van der Waals surface area contributed by atoms with Crippen LogP contribution in [0.5, 0.6) is 0 Å². The number of hydrogen-bond acceptors (Lipinski definition) is 4. The Balaban J connectivity index is 1.90. The van der Waals surface area contributed by atoms with Crippen LogP contribution in [-0.4, -0.2) is 33.7 Å². The summed E-state index contributed by atoms with van der Waals surface area (Å²) in [5.41, 5.74) is 1.44. The topological polar surface area (TPSA) is 66.6 Å². The third-order valence-corrected chi connectivity index (χ3v) is 4.22. The molecular weight excluding hydrogens is 318 g/mol. The summed E-state index contributed by atoms with van der Waals surface area (Å²) in [5.74, 6) is -1.82. The Morgan fingerprint density at radius 2 is 2.08 bits per heavy atom. The quantitative estimate of drug-likeness (QED) is 0.935. The molecule has 0 aliphatic carbocycles. The van der Waals surface area contributed by atoms with Crippen molar-refractivity contribution in [2.45, 2.75) is 32.9 Å². The van der Waals surface area contributed by atoms with Gasteiger partial charge in [0.15, 0.2) is 11.6 Å². The highest BCUT2D eigenvalue weighted by Crippen LogP contribution is 2.31. The van der Waals surface area contributed by atoms with E-state index in [0.29, 0.717) is 35.5 Å². The Morgan fingerprint density at radius 1 is 1.33 bits per heavy atom. The molecular formula is C17H18F2N2O3. The highest BCUT2D eigenvalue weighted by atomic mass is 19.2. The minimum absolute atomic E-state index is 0.188. The van der Waals surface area contributed by atoms with Crippen LogP contribution in [-0.2, 0) is 17.8 Å². The molecule has 0 radical (unpaired) electrons. The van der Waals surface area contributed by atoms with E-state index in [1.54, 1.807) is 13.8 Å². The van der Waals surface area contributed by atoms with Gasteiger partial charge in [-0.25, -0.2) is 8.78 Å². The highest BCUT2D eigenvalue weighted by Gasteiger charge is 2.31. The number of aromatic nitrogens is 1. The van der Waals surface area contributed by atoms with Gasteiger partial charge >= 0.3 is 0 Å². The van der Waals surface area contributed by atoms with Crippen molar-refractivity contribution >= 4 is 5.91 Å². The number of fused-ring (bicyclic) bond motifs is 1. The zero-order valence-corrected chi connectivity index (χ0v) is 13.4. The number of aliphatic hydroxyl groups is 1. The Kier molecular flexibility index (Phi) is 4.36. The summed E-state index contributed by atoms with van der Waals surface area (Å²) in [6.45, 7) is 4.17. The summed E-state index contributed by atoms with van der Waals surface area (Å²) in [6, 6.07) is 3.50. The maximum absolute atomic E-state index is 13.5. The number of benzene rings is 1. The van der Waals surface area contributed by atoms with Gasteiger partial charge in [0.2, 0.25) is 0 Å². The third-order valence-electron chi connectivity index (χ3n) is 4.22. The van der Waals surface area contributed by atoms with Crippen LogP contribution in [0.1, 0.15) is 25.2 Å². The Morgan fingerprint density at radius 3 is 2.75 bits per heavy atom. The lowest BCUT2D eigenvalue weighted by molar-refractivity contribution is -0.143. The number of hydrogen-bond donors (Lipinski definition) is 1. The zero-order valence-electron chi connectivity index (χ0n) is 13.4. The molecule has 0 saturated carbocycles. The number of halogens is 2. The molecule has 5 nitrogen and oxygen atoms in total. The van der Waals surface area contributed by atoms with E-state index in [4.69, 9.17) is 4.52 Å². The lowest BCUT2D eigenvalue weighted by atomic mass is 9.99. The van der Waals surface area contributed by atoms with Crippen LogP contribution >= 0.6 is 0 Å². The van der Waals surface area contributed by atoms with Crippen LogP contribution in [0.3, 0.4) is 0 Å².